The summed E-state index contributed by atoms with van der Waals surface area (Å²) in [5, 5.41) is 8.40. The van der Waals surface area contributed by atoms with Crippen molar-refractivity contribution in [2.75, 3.05) is 7.05 Å². The number of hydrogen-bond donors (Lipinski definition) is 2. The van der Waals surface area contributed by atoms with Crippen LogP contribution < -0.4 is 15.4 Å². The van der Waals surface area contributed by atoms with Gasteiger partial charge in [0.15, 0.2) is 0 Å². The monoisotopic (exact) mass is 395 g/mol. The molecule has 1 heterocycles. The number of ether oxygens (including phenoxy) is 1. The summed E-state index contributed by atoms with van der Waals surface area (Å²) in [5.74, 6) is 0.244. The van der Waals surface area contributed by atoms with Gasteiger partial charge in [0.2, 0.25) is 0 Å². The Bertz CT molecular complexity index is 984. The maximum absolute atomic E-state index is 12.5. The minimum Gasteiger partial charge on any atom is -0.487 e. The van der Waals surface area contributed by atoms with Crippen LogP contribution in [0.15, 0.2) is 53.9 Å². The first-order valence-corrected chi connectivity index (χ1v) is 9.66. The lowest BCUT2D eigenvalue weighted by Gasteiger charge is -2.09. The van der Waals surface area contributed by atoms with Crippen molar-refractivity contribution >= 4 is 23.2 Å². The number of benzene rings is 2. The van der Waals surface area contributed by atoms with E-state index in [9.17, 15) is 9.59 Å². The van der Waals surface area contributed by atoms with E-state index in [4.69, 9.17) is 4.74 Å². The lowest BCUT2D eigenvalue weighted by Crippen LogP contribution is -2.23. The van der Waals surface area contributed by atoms with Crippen LogP contribution in [0.3, 0.4) is 0 Å². The molecule has 0 atom stereocenters. The second-order valence-electron chi connectivity index (χ2n) is 6.14. The van der Waals surface area contributed by atoms with Crippen LogP contribution in [0.25, 0.3) is 0 Å². The predicted molar refractivity (Wildman–Crippen MR) is 109 cm³/mol. The molecule has 2 N–H and O–H groups in total. The summed E-state index contributed by atoms with van der Waals surface area (Å²) in [7, 11) is 1.58. The third kappa shape index (κ3) is 5.17. The van der Waals surface area contributed by atoms with Crippen LogP contribution in [0.5, 0.6) is 5.75 Å². The molecule has 0 aliphatic rings. The molecule has 2 amide bonds. The molecule has 1 aromatic heterocycles. The fraction of sp³-hybridized carbons (Fsp3) is 0.190. The van der Waals surface area contributed by atoms with Crippen molar-refractivity contribution < 1.29 is 14.3 Å². The van der Waals surface area contributed by atoms with Crippen LogP contribution in [0, 0.1) is 6.92 Å². The van der Waals surface area contributed by atoms with E-state index < -0.39 is 0 Å². The van der Waals surface area contributed by atoms with Gasteiger partial charge in [0.05, 0.1) is 10.7 Å². The summed E-state index contributed by atoms with van der Waals surface area (Å²) in [6, 6.07) is 14.2. The van der Waals surface area contributed by atoms with Gasteiger partial charge in [-0.25, -0.2) is 4.98 Å². The average molecular weight is 395 g/mol. The topological polar surface area (TPSA) is 80.3 Å². The smallest absolute Gasteiger partial charge is 0.251 e. The number of nitrogens with one attached hydrogen (secondary N) is 2. The van der Waals surface area contributed by atoms with E-state index in [0.717, 1.165) is 16.3 Å². The standard InChI is InChI=1S/C21H21N3O3S/c1-14-24-18(13-28-14)12-27-19-8-4-7-17(10-19)21(26)23-11-15-5-3-6-16(9-15)20(25)22-2/h3-10,13H,11-12H2,1-2H3,(H,22,25)(H,23,26). The van der Waals surface area contributed by atoms with Gasteiger partial charge in [0.1, 0.15) is 12.4 Å². The Morgan fingerprint density at radius 3 is 2.54 bits per heavy atom. The normalized spacial score (nSPS) is 10.4. The number of rotatable bonds is 7. The summed E-state index contributed by atoms with van der Waals surface area (Å²) in [6.07, 6.45) is 0. The average Bonchev–Trinajstić information content (AvgIpc) is 3.15. The van der Waals surface area contributed by atoms with E-state index in [1.165, 1.54) is 0 Å². The Kier molecular flexibility index (Phi) is 6.39. The van der Waals surface area contributed by atoms with Gasteiger partial charge in [0.25, 0.3) is 11.8 Å². The summed E-state index contributed by atoms with van der Waals surface area (Å²) in [5.41, 5.74) is 2.78. The van der Waals surface area contributed by atoms with Gasteiger partial charge in [0, 0.05) is 30.1 Å². The Morgan fingerprint density at radius 1 is 1.07 bits per heavy atom. The fourth-order valence-corrected chi connectivity index (χ4v) is 3.21. The van der Waals surface area contributed by atoms with Gasteiger partial charge >= 0.3 is 0 Å². The van der Waals surface area contributed by atoms with Crippen molar-refractivity contribution in [3.05, 3.63) is 81.3 Å². The Morgan fingerprint density at radius 2 is 1.82 bits per heavy atom. The van der Waals surface area contributed by atoms with Crippen molar-refractivity contribution in [2.24, 2.45) is 0 Å². The van der Waals surface area contributed by atoms with Crippen molar-refractivity contribution in [3.63, 3.8) is 0 Å². The SMILES string of the molecule is CNC(=O)c1cccc(CNC(=O)c2cccc(OCc3csc(C)n3)c2)c1. The molecule has 2 aromatic carbocycles. The van der Waals surface area contributed by atoms with Crippen LogP contribution in [0.4, 0.5) is 0 Å². The van der Waals surface area contributed by atoms with Gasteiger partial charge in [-0.05, 0) is 42.8 Å². The number of aryl methyl sites for hydroxylation is 1. The summed E-state index contributed by atoms with van der Waals surface area (Å²) < 4.78 is 5.73. The molecule has 3 rings (SSSR count). The maximum atomic E-state index is 12.5. The molecule has 144 valence electrons. The Balaban J connectivity index is 1.59. The molecule has 0 aliphatic carbocycles. The first-order chi connectivity index (χ1) is 13.5. The van der Waals surface area contributed by atoms with Gasteiger partial charge in [-0.15, -0.1) is 11.3 Å². The fourth-order valence-electron chi connectivity index (χ4n) is 2.61. The zero-order chi connectivity index (χ0) is 19.9. The zero-order valence-electron chi connectivity index (χ0n) is 15.7. The molecule has 28 heavy (non-hydrogen) atoms. The number of aromatic nitrogens is 1. The van der Waals surface area contributed by atoms with E-state index in [2.05, 4.69) is 15.6 Å². The number of nitrogens with zero attached hydrogens (tertiary/aromatic N) is 1. The van der Waals surface area contributed by atoms with Crippen molar-refractivity contribution in [2.45, 2.75) is 20.1 Å². The third-order valence-electron chi connectivity index (χ3n) is 4.02. The molecule has 7 heteroatoms. The minimum absolute atomic E-state index is 0.159. The van der Waals surface area contributed by atoms with E-state index in [-0.39, 0.29) is 11.8 Å². The van der Waals surface area contributed by atoms with E-state index in [1.807, 2.05) is 24.4 Å². The minimum atomic E-state index is -0.208. The first kappa shape index (κ1) is 19.6. The molecule has 0 saturated heterocycles. The number of thiazole rings is 1. The van der Waals surface area contributed by atoms with Gasteiger partial charge in [-0.3, -0.25) is 9.59 Å². The third-order valence-corrected chi connectivity index (χ3v) is 4.84. The van der Waals surface area contributed by atoms with Crippen LogP contribution in [0.2, 0.25) is 0 Å². The van der Waals surface area contributed by atoms with Crippen LogP contribution >= 0.6 is 11.3 Å². The highest BCUT2D eigenvalue weighted by molar-refractivity contribution is 7.09. The highest BCUT2D eigenvalue weighted by Gasteiger charge is 2.09. The van der Waals surface area contributed by atoms with Gasteiger partial charge in [-0.2, -0.15) is 0 Å². The lowest BCUT2D eigenvalue weighted by atomic mass is 10.1. The second kappa shape index (κ2) is 9.14. The highest BCUT2D eigenvalue weighted by atomic mass is 32.1. The highest BCUT2D eigenvalue weighted by Crippen LogP contribution is 2.16. The van der Waals surface area contributed by atoms with Gasteiger partial charge < -0.3 is 15.4 Å². The largest absolute Gasteiger partial charge is 0.487 e. The molecule has 0 unspecified atom stereocenters. The van der Waals surface area contributed by atoms with Crippen molar-refractivity contribution in [1.29, 1.82) is 0 Å². The number of amides is 2. The van der Waals surface area contributed by atoms with Crippen molar-refractivity contribution in [1.82, 2.24) is 15.6 Å². The molecule has 0 bridgehead atoms. The summed E-state index contributed by atoms with van der Waals surface area (Å²) in [4.78, 5) is 28.5. The molecular weight excluding hydrogens is 374 g/mol. The quantitative estimate of drug-likeness (QED) is 0.643. The zero-order valence-corrected chi connectivity index (χ0v) is 16.5. The van der Waals surface area contributed by atoms with E-state index in [0.29, 0.717) is 30.0 Å². The Labute approximate surface area is 167 Å². The van der Waals surface area contributed by atoms with Crippen LogP contribution in [0.1, 0.15) is 37.0 Å². The molecule has 3 aromatic rings. The molecule has 0 radical (unpaired) electrons. The number of carbonyl (C=O) groups excluding carboxylic acids is 2. The maximum Gasteiger partial charge on any atom is 0.251 e. The molecule has 0 spiro atoms. The summed E-state index contributed by atoms with van der Waals surface area (Å²) >= 11 is 1.58. The second-order valence-corrected chi connectivity index (χ2v) is 7.20. The molecule has 6 nitrogen and oxygen atoms in total. The van der Waals surface area contributed by atoms with Crippen LogP contribution in [-0.2, 0) is 13.2 Å². The van der Waals surface area contributed by atoms with E-state index in [1.54, 1.807) is 54.8 Å². The number of carbonyl (C=O) groups is 2. The molecular formula is C21H21N3O3S. The molecule has 0 fully saturated rings. The lowest BCUT2D eigenvalue weighted by molar-refractivity contribution is 0.0948. The molecule has 0 aliphatic heterocycles. The van der Waals surface area contributed by atoms with Crippen molar-refractivity contribution in [3.8, 4) is 5.75 Å². The summed E-state index contributed by atoms with van der Waals surface area (Å²) in [6.45, 7) is 2.64. The first-order valence-electron chi connectivity index (χ1n) is 8.78. The predicted octanol–water partition coefficient (Wildman–Crippen LogP) is 3.32. The van der Waals surface area contributed by atoms with E-state index >= 15 is 0 Å². The van der Waals surface area contributed by atoms with Gasteiger partial charge in [-0.1, -0.05) is 18.2 Å². The van der Waals surface area contributed by atoms with Crippen LogP contribution in [-0.4, -0.2) is 23.8 Å². The Hall–Kier alpha value is -3.19. The number of hydrogen-bond acceptors (Lipinski definition) is 5. The molecule has 0 saturated carbocycles.